The predicted molar refractivity (Wildman–Crippen MR) is 106 cm³/mol. The number of carbonyl (C=O) groups is 1. The quantitative estimate of drug-likeness (QED) is 0.684. The maximum absolute atomic E-state index is 13.8. The Hall–Kier alpha value is -3.02. The second-order valence-corrected chi connectivity index (χ2v) is 7.33. The zero-order valence-corrected chi connectivity index (χ0v) is 15.6. The molecule has 144 valence electrons. The van der Waals surface area contributed by atoms with Gasteiger partial charge in [-0.3, -0.25) is 4.79 Å². The molecule has 4 rings (SSSR count). The molecule has 0 aliphatic carbocycles. The van der Waals surface area contributed by atoms with Crippen LogP contribution in [0.15, 0.2) is 48.5 Å². The van der Waals surface area contributed by atoms with Crippen molar-refractivity contribution in [1.29, 1.82) is 0 Å². The topological polar surface area (TPSA) is 45.2 Å². The molecular formula is C22H21F2N3O. The van der Waals surface area contributed by atoms with Gasteiger partial charge in [-0.05, 0) is 61.2 Å². The molecule has 0 radical (unpaired) electrons. The molecular weight excluding hydrogens is 360 g/mol. The molecule has 1 fully saturated rings. The summed E-state index contributed by atoms with van der Waals surface area (Å²) in [4.78, 5) is 19.2. The average molecular weight is 381 g/mol. The Labute approximate surface area is 162 Å². The van der Waals surface area contributed by atoms with Crippen LogP contribution in [0.3, 0.4) is 0 Å². The summed E-state index contributed by atoms with van der Waals surface area (Å²) in [6.07, 6.45) is 1.94. The minimum absolute atomic E-state index is 0.139. The van der Waals surface area contributed by atoms with Crippen LogP contribution in [0.2, 0.25) is 0 Å². The van der Waals surface area contributed by atoms with E-state index in [-0.39, 0.29) is 11.7 Å². The lowest BCUT2D eigenvalue weighted by Crippen LogP contribution is -2.38. The van der Waals surface area contributed by atoms with Crippen LogP contribution in [0, 0.1) is 17.6 Å². The van der Waals surface area contributed by atoms with Crippen LogP contribution in [0.5, 0.6) is 0 Å². The Morgan fingerprint density at radius 2 is 1.82 bits per heavy atom. The number of likely N-dealkylation sites (tertiary alicyclic amines) is 1. The van der Waals surface area contributed by atoms with Crippen molar-refractivity contribution in [3.05, 3.63) is 65.9 Å². The Morgan fingerprint density at radius 3 is 2.57 bits per heavy atom. The number of nitrogens with one attached hydrogen (secondary N) is 1. The Balaban J connectivity index is 1.74. The number of carbonyl (C=O) groups excluding carboxylic acids is 1. The van der Waals surface area contributed by atoms with E-state index in [1.165, 1.54) is 24.3 Å². The summed E-state index contributed by atoms with van der Waals surface area (Å²) in [6, 6.07) is 11.8. The zero-order valence-electron chi connectivity index (χ0n) is 15.6. The second kappa shape index (κ2) is 7.54. The first-order valence-electron chi connectivity index (χ1n) is 9.42. The van der Waals surface area contributed by atoms with Gasteiger partial charge in [0.2, 0.25) is 0 Å². The Kier molecular flexibility index (Phi) is 4.94. The van der Waals surface area contributed by atoms with Crippen molar-refractivity contribution in [2.75, 3.05) is 18.4 Å². The summed E-state index contributed by atoms with van der Waals surface area (Å²) < 4.78 is 27.4. The molecule has 3 aromatic rings. The van der Waals surface area contributed by atoms with Crippen LogP contribution in [-0.2, 0) is 0 Å². The van der Waals surface area contributed by atoms with E-state index in [9.17, 15) is 13.6 Å². The van der Waals surface area contributed by atoms with Crippen LogP contribution in [-0.4, -0.2) is 28.9 Å². The van der Waals surface area contributed by atoms with Gasteiger partial charge in [-0.2, -0.15) is 0 Å². The van der Waals surface area contributed by atoms with Crippen molar-refractivity contribution in [1.82, 2.24) is 9.88 Å². The normalized spacial score (nSPS) is 15.0. The summed E-state index contributed by atoms with van der Waals surface area (Å²) in [5.74, 6) is -0.309. The maximum atomic E-state index is 13.8. The molecule has 0 unspecified atom stereocenters. The first-order chi connectivity index (χ1) is 13.5. The van der Waals surface area contributed by atoms with Gasteiger partial charge in [-0.25, -0.2) is 13.8 Å². The molecule has 1 aliphatic heterocycles. The van der Waals surface area contributed by atoms with Crippen LogP contribution < -0.4 is 5.32 Å². The van der Waals surface area contributed by atoms with Gasteiger partial charge in [0.25, 0.3) is 5.91 Å². The van der Waals surface area contributed by atoms with Crippen molar-refractivity contribution in [2.24, 2.45) is 5.92 Å². The van der Waals surface area contributed by atoms with Gasteiger partial charge in [0.05, 0.1) is 11.2 Å². The van der Waals surface area contributed by atoms with E-state index in [0.29, 0.717) is 47.0 Å². The van der Waals surface area contributed by atoms with Crippen molar-refractivity contribution in [3.63, 3.8) is 0 Å². The Morgan fingerprint density at radius 1 is 1.07 bits per heavy atom. The fourth-order valence-electron chi connectivity index (χ4n) is 3.51. The minimum atomic E-state index is -0.402. The molecule has 0 spiro atoms. The van der Waals surface area contributed by atoms with Crippen LogP contribution in [0.4, 0.5) is 20.2 Å². The van der Waals surface area contributed by atoms with Gasteiger partial charge < -0.3 is 10.2 Å². The molecule has 1 aromatic heterocycles. The standard InChI is InChI=1S/C22H21F2N3O/c1-14-7-9-27(10-8-14)22(28)21-13-20(25-17-4-2-3-15(23)11-17)18-12-16(24)5-6-19(18)26-21/h2-6,11-14H,7-10H2,1H3,(H,25,26). The number of anilines is 2. The number of hydrogen-bond donors (Lipinski definition) is 1. The van der Waals surface area contributed by atoms with Gasteiger partial charge >= 0.3 is 0 Å². The predicted octanol–water partition coefficient (Wildman–Crippen LogP) is 5.13. The van der Waals surface area contributed by atoms with E-state index in [0.717, 1.165) is 12.8 Å². The van der Waals surface area contributed by atoms with E-state index >= 15 is 0 Å². The molecule has 28 heavy (non-hydrogen) atoms. The molecule has 1 saturated heterocycles. The van der Waals surface area contributed by atoms with E-state index < -0.39 is 5.82 Å². The highest BCUT2D eigenvalue weighted by Gasteiger charge is 2.23. The molecule has 1 amide bonds. The number of piperidine rings is 1. The van der Waals surface area contributed by atoms with Crippen LogP contribution >= 0.6 is 0 Å². The number of fused-ring (bicyclic) bond motifs is 1. The number of pyridine rings is 1. The van der Waals surface area contributed by atoms with Crippen molar-refractivity contribution >= 4 is 28.2 Å². The van der Waals surface area contributed by atoms with Gasteiger partial charge in [0.15, 0.2) is 0 Å². The SMILES string of the molecule is CC1CCN(C(=O)c2cc(Nc3cccc(F)c3)c3cc(F)ccc3n2)CC1. The smallest absolute Gasteiger partial charge is 0.272 e. The summed E-state index contributed by atoms with van der Waals surface area (Å²) >= 11 is 0. The highest BCUT2D eigenvalue weighted by atomic mass is 19.1. The first-order valence-corrected chi connectivity index (χ1v) is 9.42. The Bertz CT molecular complexity index is 1030. The highest BCUT2D eigenvalue weighted by molar-refractivity contribution is 6.00. The first kappa shape index (κ1) is 18.3. The maximum Gasteiger partial charge on any atom is 0.272 e. The van der Waals surface area contributed by atoms with Crippen LogP contribution in [0.1, 0.15) is 30.3 Å². The van der Waals surface area contributed by atoms with Gasteiger partial charge in [-0.1, -0.05) is 13.0 Å². The van der Waals surface area contributed by atoms with Gasteiger partial charge in [-0.15, -0.1) is 0 Å². The number of rotatable bonds is 3. The molecule has 0 saturated carbocycles. The van der Waals surface area contributed by atoms with E-state index in [1.54, 1.807) is 24.3 Å². The summed E-state index contributed by atoms with van der Waals surface area (Å²) in [5.41, 5.74) is 1.84. The van der Waals surface area contributed by atoms with Crippen molar-refractivity contribution in [3.8, 4) is 0 Å². The fourth-order valence-corrected chi connectivity index (χ4v) is 3.51. The van der Waals surface area contributed by atoms with E-state index in [1.807, 2.05) is 4.90 Å². The number of hydrogen-bond acceptors (Lipinski definition) is 3. The lowest BCUT2D eigenvalue weighted by Gasteiger charge is -2.30. The number of benzene rings is 2. The summed E-state index contributed by atoms with van der Waals surface area (Å²) in [6.45, 7) is 3.59. The summed E-state index contributed by atoms with van der Waals surface area (Å²) in [5, 5.41) is 3.64. The minimum Gasteiger partial charge on any atom is -0.355 e. The number of nitrogens with zero attached hydrogens (tertiary/aromatic N) is 2. The van der Waals surface area contributed by atoms with Crippen LogP contribution in [0.25, 0.3) is 10.9 Å². The largest absolute Gasteiger partial charge is 0.355 e. The van der Waals surface area contributed by atoms with Gasteiger partial charge in [0, 0.05) is 24.2 Å². The number of aromatic nitrogens is 1. The molecule has 6 heteroatoms. The molecule has 0 bridgehead atoms. The molecule has 4 nitrogen and oxygen atoms in total. The lowest BCUT2D eigenvalue weighted by atomic mass is 9.99. The molecule has 1 aliphatic rings. The van der Waals surface area contributed by atoms with Crippen molar-refractivity contribution < 1.29 is 13.6 Å². The molecule has 0 atom stereocenters. The average Bonchev–Trinajstić information content (AvgIpc) is 2.68. The second-order valence-electron chi connectivity index (χ2n) is 7.33. The third kappa shape index (κ3) is 3.81. The van der Waals surface area contributed by atoms with E-state index in [2.05, 4.69) is 17.2 Å². The fraction of sp³-hybridized carbons (Fsp3) is 0.273. The third-order valence-electron chi connectivity index (χ3n) is 5.16. The van der Waals surface area contributed by atoms with E-state index in [4.69, 9.17) is 0 Å². The number of amides is 1. The molecule has 2 heterocycles. The monoisotopic (exact) mass is 381 g/mol. The molecule has 2 aromatic carbocycles. The van der Waals surface area contributed by atoms with Crippen molar-refractivity contribution in [2.45, 2.75) is 19.8 Å². The van der Waals surface area contributed by atoms with Gasteiger partial charge in [0.1, 0.15) is 17.3 Å². The molecule has 1 N–H and O–H groups in total. The highest BCUT2D eigenvalue weighted by Crippen LogP contribution is 2.28. The summed E-state index contributed by atoms with van der Waals surface area (Å²) in [7, 11) is 0. The zero-order chi connectivity index (χ0) is 19.7. The third-order valence-corrected chi connectivity index (χ3v) is 5.16. The number of halogens is 2. The lowest BCUT2D eigenvalue weighted by molar-refractivity contribution is 0.0691.